The van der Waals surface area contributed by atoms with E-state index in [1.54, 1.807) is 30.8 Å². The molecule has 0 radical (unpaired) electrons. The van der Waals surface area contributed by atoms with Gasteiger partial charge in [-0.25, -0.2) is 0 Å². The van der Waals surface area contributed by atoms with E-state index in [4.69, 9.17) is 6.42 Å². The molecule has 0 aliphatic heterocycles. The average molecular weight is 249 g/mol. The third-order valence-electron chi connectivity index (χ3n) is 2.19. The predicted molar refractivity (Wildman–Crippen MR) is 71.3 cm³/mol. The zero-order chi connectivity index (χ0) is 12.7. The first-order valence-electron chi connectivity index (χ1n) is 5.24. The Morgan fingerprint density at radius 3 is 3.00 bits per heavy atom. The Kier molecular flexibility index (Phi) is 5.44. The van der Waals surface area contributed by atoms with Crippen molar-refractivity contribution in [2.75, 3.05) is 18.1 Å². The number of nitrogens with one attached hydrogen (secondary N) is 1. The fraction of sp³-hybridized carbons (Fsp3) is 0.308. The lowest BCUT2D eigenvalue weighted by Gasteiger charge is -2.06. The van der Waals surface area contributed by atoms with Crippen molar-refractivity contribution in [2.45, 2.75) is 6.92 Å². The van der Waals surface area contributed by atoms with Crippen molar-refractivity contribution in [2.24, 2.45) is 0 Å². The first kappa shape index (κ1) is 13.5. The van der Waals surface area contributed by atoms with E-state index in [-0.39, 0.29) is 11.7 Å². The first-order valence-corrected chi connectivity index (χ1v) is 6.39. The number of benzene rings is 1. The summed E-state index contributed by atoms with van der Waals surface area (Å²) in [5, 5.41) is 12.2. The minimum absolute atomic E-state index is 0.138. The maximum absolute atomic E-state index is 11.7. The SMILES string of the molecule is C#CCSCCNC(=O)c1ccc(C)c(O)c1. The summed E-state index contributed by atoms with van der Waals surface area (Å²) in [6.45, 7) is 2.35. The molecule has 90 valence electrons. The van der Waals surface area contributed by atoms with Gasteiger partial charge < -0.3 is 10.4 Å². The Morgan fingerprint density at radius 2 is 2.35 bits per heavy atom. The normalized spacial score (nSPS) is 9.65. The lowest BCUT2D eigenvalue weighted by molar-refractivity contribution is 0.0956. The van der Waals surface area contributed by atoms with Gasteiger partial charge in [-0.05, 0) is 24.6 Å². The standard InChI is InChI=1S/C13H15NO2S/c1-3-7-17-8-6-14-13(16)11-5-4-10(2)12(15)9-11/h1,4-5,9,15H,6-8H2,2H3,(H,14,16). The van der Waals surface area contributed by atoms with E-state index in [9.17, 15) is 9.90 Å². The molecule has 0 saturated heterocycles. The van der Waals surface area contributed by atoms with E-state index in [1.165, 1.54) is 6.07 Å². The van der Waals surface area contributed by atoms with Crippen LogP contribution in [0.2, 0.25) is 0 Å². The molecule has 1 rings (SSSR count). The summed E-state index contributed by atoms with van der Waals surface area (Å²) in [6.07, 6.45) is 5.11. The smallest absolute Gasteiger partial charge is 0.251 e. The van der Waals surface area contributed by atoms with Gasteiger partial charge in [-0.15, -0.1) is 18.2 Å². The van der Waals surface area contributed by atoms with Crippen LogP contribution in [-0.4, -0.2) is 29.1 Å². The number of phenols is 1. The van der Waals surface area contributed by atoms with Gasteiger partial charge in [-0.3, -0.25) is 4.79 Å². The molecule has 0 aromatic heterocycles. The minimum atomic E-state index is -0.179. The summed E-state index contributed by atoms with van der Waals surface area (Å²) in [4.78, 5) is 11.7. The highest BCUT2D eigenvalue weighted by atomic mass is 32.2. The molecule has 4 heteroatoms. The highest BCUT2D eigenvalue weighted by Gasteiger charge is 2.06. The van der Waals surface area contributed by atoms with Gasteiger partial charge in [-0.1, -0.05) is 12.0 Å². The van der Waals surface area contributed by atoms with Gasteiger partial charge in [-0.2, -0.15) is 0 Å². The molecule has 1 amide bonds. The van der Waals surface area contributed by atoms with Crippen LogP contribution in [-0.2, 0) is 0 Å². The van der Waals surface area contributed by atoms with Crippen LogP contribution in [0.3, 0.4) is 0 Å². The van der Waals surface area contributed by atoms with Crippen molar-refractivity contribution in [3.05, 3.63) is 29.3 Å². The number of terminal acetylenes is 1. The Bertz CT molecular complexity index is 438. The maximum atomic E-state index is 11.7. The first-order chi connectivity index (χ1) is 8.15. The number of carbonyl (C=O) groups is 1. The van der Waals surface area contributed by atoms with Crippen LogP contribution >= 0.6 is 11.8 Å². The van der Waals surface area contributed by atoms with Crippen LogP contribution in [0.5, 0.6) is 5.75 Å². The van der Waals surface area contributed by atoms with Crippen molar-refractivity contribution < 1.29 is 9.90 Å². The highest BCUT2D eigenvalue weighted by molar-refractivity contribution is 7.99. The van der Waals surface area contributed by atoms with Gasteiger partial charge in [0.05, 0.1) is 5.75 Å². The van der Waals surface area contributed by atoms with Gasteiger partial charge in [0.2, 0.25) is 0 Å². The number of amides is 1. The number of aromatic hydroxyl groups is 1. The van der Waals surface area contributed by atoms with E-state index in [0.717, 1.165) is 11.3 Å². The van der Waals surface area contributed by atoms with Crippen LogP contribution in [0.15, 0.2) is 18.2 Å². The summed E-state index contributed by atoms with van der Waals surface area (Å²) < 4.78 is 0. The maximum Gasteiger partial charge on any atom is 0.251 e. The van der Waals surface area contributed by atoms with Crippen molar-refractivity contribution in [1.29, 1.82) is 0 Å². The van der Waals surface area contributed by atoms with Crippen LogP contribution in [0.25, 0.3) is 0 Å². The fourth-order valence-electron chi connectivity index (χ4n) is 1.22. The van der Waals surface area contributed by atoms with Gasteiger partial charge in [0.25, 0.3) is 5.91 Å². The third-order valence-corrected chi connectivity index (χ3v) is 3.05. The predicted octanol–water partition coefficient (Wildman–Crippen LogP) is 1.80. The molecule has 0 fully saturated rings. The molecule has 17 heavy (non-hydrogen) atoms. The molecule has 0 heterocycles. The molecule has 0 spiro atoms. The van der Waals surface area contributed by atoms with Crippen molar-refractivity contribution in [3.8, 4) is 18.1 Å². The summed E-state index contributed by atoms with van der Waals surface area (Å²) in [7, 11) is 0. The Labute approximate surface area is 106 Å². The molecule has 3 nitrogen and oxygen atoms in total. The second-order valence-electron chi connectivity index (χ2n) is 3.51. The highest BCUT2D eigenvalue weighted by Crippen LogP contribution is 2.17. The van der Waals surface area contributed by atoms with Crippen LogP contribution in [0.4, 0.5) is 0 Å². The fourth-order valence-corrected chi connectivity index (χ4v) is 1.73. The van der Waals surface area contributed by atoms with Gasteiger partial charge >= 0.3 is 0 Å². The third kappa shape index (κ3) is 4.41. The summed E-state index contributed by atoms with van der Waals surface area (Å²) in [5.74, 6) is 3.92. The molecule has 0 aliphatic rings. The molecule has 1 aromatic carbocycles. The van der Waals surface area contributed by atoms with Crippen LogP contribution in [0, 0.1) is 19.3 Å². The monoisotopic (exact) mass is 249 g/mol. The summed E-state index contributed by atoms with van der Waals surface area (Å²) in [5.41, 5.74) is 1.22. The second kappa shape index (κ2) is 6.87. The largest absolute Gasteiger partial charge is 0.508 e. The summed E-state index contributed by atoms with van der Waals surface area (Å²) in [6, 6.07) is 4.88. The number of hydrogen-bond acceptors (Lipinski definition) is 3. The molecular weight excluding hydrogens is 234 g/mol. The number of carbonyl (C=O) groups excluding carboxylic acids is 1. The molecule has 0 bridgehead atoms. The zero-order valence-corrected chi connectivity index (χ0v) is 10.5. The van der Waals surface area contributed by atoms with Crippen molar-refractivity contribution in [1.82, 2.24) is 5.32 Å². The Hall–Kier alpha value is -1.60. The second-order valence-corrected chi connectivity index (χ2v) is 4.62. The average Bonchev–Trinajstić information content (AvgIpc) is 2.32. The molecule has 1 aromatic rings. The lowest BCUT2D eigenvalue weighted by Crippen LogP contribution is -2.25. The zero-order valence-electron chi connectivity index (χ0n) is 9.69. The Morgan fingerprint density at radius 1 is 1.59 bits per heavy atom. The van der Waals surface area contributed by atoms with E-state index < -0.39 is 0 Å². The van der Waals surface area contributed by atoms with E-state index in [1.807, 2.05) is 0 Å². The van der Waals surface area contributed by atoms with Gasteiger partial charge in [0, 0.05) is 17.9 Å². The van der Waals surface area contributed by atoms with E-state index in [0.29, 0.717) is 17.9 Å². The quantitative estimate of drug-likeness (QED) is 0.618. The van der Waals surface area contributed by atoms with E-state index >= 15 is 0 Å². The number of thioether (sulfide) groups is 1. The number of phenolic OH excluding ortho intramolecular Hbond substituents is 1. The Balaban J connectivity index is 2.42. The van der Waals surface area contributed by atoms with Gasteiger partial charge in [0.15, 0.2) is 0 Å². The topological polar surface area (TPSA) is 49.3 Å². The molecular formula is C13H15NO2S. The van der Waals surface area contributed by atoms with Gasteiger partial charge in [0.1, 0.15) is 5.75 Å². The van der Waals surface area contributed by atoms with E-state index in [2.05, 4.69) is 11.2 Å². The lowest BCUT2D eigenvalue weighted by atomic mass is 10.1. The molecule has 0 unspecified atom stereocenters. The van der Waals surface area contributed by atoms with Crippen LogP contribution < -0.4 is 5.32 Å². The minimum Gasteiger partial charge on any atom is -0.508 e. The molecule has 0 atom stereocenters. The number of hydrogen-bond donors (Lipinski definition) is 2. The van der Waals surface area contributed by atoms with Crippen molar-refractivity contribution in [3.63, 3.8) is 0 Å². The van der Waals surface area contributed by atoms with Crippen LogP contribution in [0.1, 0.15) is 15.9 Å². The number of rotatable bonds is 5. The number of aryl methyl sites for hydroxylation is 1. The molecule has 0 aliphatic carbocycles. The summed E-state index contributed by atoms with van der Waals surface area (Å²) >= 11 is 1.60. The molecule has 0 saturated carbocycles. The molecule has 2 N–H and O–H groups in total. The van der Waals surface area contributed by atoms with Crippen molar-refractivity contribution >= 4 is 17.7 Å².